The van der Waals surface area contributed by atoms with Crippen LogP contribution in [0.15, 0.2) is 49.3 Å². The summed E-state index contributed by atoms with van der Waals surface area (Å²) in [5.41, 5.74) is 0.271. The number of methoxy groups -OCH3 is 2. The first-order valence-electron chi connectivity index (χ1n) is 9.61. The van der Waals surface area contributed by atoms with E-state index in [9.17, 15) is 14.4 Å². The summed E-state index contributed by atoms with van der Waals surface area (Å²) in [5, 5.41) is 0.742. The molecule has 0 saturated heterocycles. The van der Waals surface area contributed by atoms with Crippen LogP contribution < -0.4 is 26.2 Å². The molecule has 1 aromatic carbocycles. The second-order valence-corrected chi connectivity index (χ2v) is 7.14. The third kappa shape index (κ3) is 3.48. The largest absolute Gasteiger partial charge is 0.493 e. The van der Waals surface area contributed by atoms with Crippen LogP contribution in [0.5, 0.6) is 11.5 Å². The summed E-state index contributed by atoms with van der Waals surface area (Å²) in [7, 11) is 3.02. The standard InChI is InChI=1S/C22H21N3O6/c1-12-9-19(26)31-16-5-6-24(22(28)20(12)16)7-8-25-13(2)23-15-11-18(30-4)17(29-3)10-14(15)21(25)27/h5-6,9-11H,7-8H2,1-4H3. The van der Waals surface area contributed by atoms with E-state index >= 15 is 0 Å². The zero-order valence-electron chi connectivity index (χ0n) is 17.6. The van der Waals surface area contributed by atoms with Crippen LogP contribution in [0.25, 0.3) is 21.9 Å². The maximum Gasteiger partial charge on any atom is 0.336 e. The summed E-state index contributed by atoms with van der Waals surface area (Å²) in [6.45, 7) is 3.91. The van der Waals surface area contributed by atoms with Crippen LogP contribution >= 0.6 is 0 Å². The van der Waals surface area contributed by atoms with Gasteiger partial charge in [0.05, 0.1) is 30.5 Å². The van der Waals surface area contributed by atoms with Gasteiger partial charge in [0, 0.05) is 31.4 Å². The van der Waals surface area contributed by atoms with Crippen molar-refractivity contribution in [2.24, 2.45) is 0 Å². The zero-order valence-corrected chi connectivity index (χ0v) is 17.6. The van der Waals surface area contributed by atoms with E-state index in [2.05, 4.69) is 4.98 Å². The summed E-state index contributed by atoms with van der Waals surface area (Å²) in [5.74, 6) is 1.44. The number of aromatic nitrogens is 3. The SMILES string of the molecule is COc1cc2nc(C)n(CCn3ccc4oc(=O)cc(C)c4c3=O)c(=O)c2cc1OC. The molecule has 3 heterocycles. The van der Waals surface area contributed by atoms with Crippen molar-refractivity contribution in [3.05, 3.63) is 73.0 Å². The van der Waals surface area contributed by atoms with Gasteiger partial charge < -0.3 is 18.5 Å². The molecule has 3 aromatic heterocycles. The van der Waals surface area contributed by atoms with Crippen molar-refractivity contribution in [3.63, 3.8) is 0 Å². The molecule has 4 rings (SSSR count). The smallest absolute Gasteiger partial charge is 0.336 e. The molecule has 0 radical (unpaired) electrons. The van der Waals surface area contributed by atoms with Crippen molar-refractivity contribution in [2.75, 3.05) is 14.2 Å². The van der Waals surface area contributed by atoms with Crippen LogP contribution in [0.1, 0.15) is 11.4 Å². The van der Waals surface area contributed by atoms with Gasteiger partial charge in [-0.15, -0.1) is 0 Å². The molecular weight excluding hydrogens is 402 g/mol. The van der Waals surface area contributed by atoms with E-state index in [0.29, 0.717) is 39.2 Å². The van der Waals surface area contributed by atoms with Gasteiger partial charge in [-0.1, -0.05) is 0 Å². The molecule has 9 nitrogen and oxygen atoms in total. The average molecular weight is 423 g/mol. The van der Waals surface area contributed by atoms with Crippen molar-refractivity contribution in [3.8, 4) is 11.5 Å². The van der Waals surface area contributed by atoms with E-state index in [1.807, 2.05) is 0 Å². The monoisotopic (exact) mass is 423 g/mol. The second kappa shape index (κ2) is 7.75. The lowest BCUT2D eigenvalue weighted by atomic mass is 10.2. The molecule has 0 amide bonds. The number of pyridine rings is 1. The molecule has 0 fully saturated rings. The highest BCUT2D eigenvalue weighted by Gasteiger charge is 2.14. The molecule has 0 aliphatic rings. The molecule has 0 atom stereocenters. The van der Waals surface area contributed by atoms with Gasteiger partial charge in [-0.2, -0.15) is 0 Å². The van der Waals surface area contributed by atoms with Crippen molar-refractivity contribution >= 4 is 21.9 Å². The topological polar surface area (TPSA) is 106 Å². The van der Waals surface area contributed by atoms with Crippen molar-refractivity contribution in [1.82, 2.24) is 14.1 Å². The highest BCUT2D eigenvalue weighted by atomic mass is 16.5. The van der Waals surface area contributed by atoms with Crippen molar-refractivity contribution in [2.45, 2.75) is 26.9 Å². The average Bonchev–Trinajstić information content (AvgIpc) is 2.73. The Morgan fingerprint density at radius 1 is 0.968 bits per heavy atom. The van der Waals surface area contributed by atoms with Crippen LogP contribution in [-0.2, 0) is 13.1 Å². The minimum absolute atomic E-state index is 0.237. The highest BCUT2D eigenvalue weighted by molar-refractivity contribution is 5.82. The van der Waals surface area contributed by atoms with E-state index in [4.69, 9.17) is 13.9 Å². The van der Waals surface area contributed by atoms with Gasteiger partial charge in [-0.3, -0.25) is 14.2 Å². The van der Waals surface area contributed by atoms with Gasteiger partial charge >= 0.3 is 5.63 Å². The molecule has 0 bridgehead atoms. The Morgan fingerprint density at radius 2 is 1.68 bits per heavy atom. The third-order valence-electron chi connectivity index (χ3n) is 5.28. The van der Waals surface area contributed by atoms with Crippen molar-refractivity contribution < 1.29 is 13.9 Å². The summed E-state index contributed by atoms with van der Waals surface area (Å²) in [4.78, 5) is 42.1. The van der Waals surface area contributed by atoms with Gasteiger partial charge in [-0.05, 0) is 31.5 Å². The number of rotatable bonds is 5. The number of hydrogen-bond acceptors (Lipinski definition) is 7. The molecule has 160 valence electrons. The Hall–Kier alpha value is -3.88. The molecular formula is C22H21N3O6. The van der Waals surface area contributed by atoms with Crippen LogP contribution in [0, 0.1) is 13.8 Å². The lowest BCUT2D eigenvalue weighted by Gasteiger charge is -2.14. The van der Waals surface area contributed by atoms with E-state index in [1.165, 1.54) is 29.4 Å². The predicted molar refractivity (Wildman–Crippen MR) is 115 cm³/mol. The Balaban J connectivity index is 1.76. The number of hydrogen-bond donors (Lipinski definition) is 0. The van der Waals surface area contributed by atoms with Crippen molar-refractivity contribution in [1.29, 1.82) is 0 Å². The zero-order chi connectivity index (χ0) is 22.3. The van der Waals surface area contributed by atoms with E-state index in [-0.39, 0.29) is 29.8 Å². The molecule has 9 heteroatoms. The van der Waals surface area contributed by atoms with E-state index in [1.54, 1.807) is 38.2 Å². The Kier molecular flexibility index (Phi) is 5.10. The third-order valence-corrected chi connectivity index (χ3v) is 5.28. The van der Waals surface area contributed by atoms with Gasteiger partial charge in [0.15, 0.2) is 11.5 Å². The summed E-state index contributed by atoms with van der Waals surface area (Å²) < 4.78 is 18.7. The Morgan fingerprint density at radius 3 is 2.39 bits per heavy atom. The summed E-state index contributed by atoms with van der Waals surface area (Å²) in [6.07, 6.45) is 1.55. The van der Waals surface area contributed by atoms with Crippen LogP contribution in [0.3, 0.4) is 0 Å². The van der Waals surface area contributed by atoms with Gasteiger partial charge in [0.25, 0.3) is 11.1 Å². The molecule has 31 heavy (non-hydrogen) atoms. The van der Waals surface area contributed by atoms with E-state index < -0.39 is 5.63 Å². The van der Waals surface area contributed by atoms with Gasteiger partial charge in [0.1, 0.15) is 11.4 Å². The quantitative estimate of drug-likeness (QED) is 0.483. The predicted octanol–water partition coefficient (Wildman–Crippen LogP) is 2.00. The fourth-order valence-electron chi connectivity index (χ4n) is 3.70. The molecule has 0 spiro atoms. The minimum atomic E-state index is -0.501. The summed E-state index contributed by atoms with van der Waals surface area (Å²) >= 11 is 0. The maximum atomic E-state index is 13.1. The number of aryl methyl sites for hydroxylation is 3. The highest BCUT2D eigenvalue weighted by Crippen LogP contribution is 2.30. The number of fused-ring (bicyclic) bond motifs is 2. The summed E-state index contributed by atoms with van der Waals surface area (Å²) in [6, 6.07) is 6.14. The molecule has 4 aromatic rings. The second-order valence-electron chi connectivity index (χ2n) is 7.14. The minimum Gasteiger partial charge on any atom is -0.493 e. The van der Waals surface area contributed by atoms with Gasteiger partial charge in [-0.25, -0.2) is 9.78 Å². The first-order valence-corrected chi connectivity index (χ1v) is 9.61. The lowest BCUT2D eigenvalue weighted by Crippen LogP contribution is -2.29. The Labute approximate surface area is 176 Å². The Bertz CT molecular complexity index is 1500. The fraction of sp³-hybridized carbons (Fsp3) is 0.273. The van der Waals surface area contributed by atoms with E-state index in [0.717, 1.165) is 0 Å². The number of benzene rings is 1. The van der Waals surface area contributed by atoms with Crippen LogP contribution in [0.2, 0.25) is 0 Å². The van der Waals surface area contributed by atoms with Crippen LogP contribution in [-0.4, -0.2) is 28.3 Å². The number of ether oxygens (including phenoxy) is 2. The first-order chi connectivity index (χ1) is 14.8. The normalized spacial score (nSPS) is 11.2. The molecule has 0 unspecified atom stereocenters. The molecule has 0 aliphatic heterocycles. The van der Waals surface area contributed by atoms with Crippen LogP contribution in [0.4, 0.5) is 0 Å². The molecule has 0 aliphatic carbocycles. The van der Waals surface area contributed by atoms with Gasteiger partial charge in [0.2, 0.25) is 0 Å². The molecule has 0 saturated carbocycles. The number of nitrogens with zero attached hydrogens (tertiary/aromatic N) is 3. The lowest BCUT2D eigenvalue weighted by molar-refractivity contribution is 0.355. The molecule has 0 N–H and O–H groups in total. The maximum absolute atomic E-state index is 13.1. The first kappa shape index (κ1) is 20.4. The fourth-order valence-corrected chi connectivity index (χ4v) is 3.70.